The highest BCUT2D eigenvalue weighted by Gasteiger charge is 2.09. The average molecular weight is 235 g/mol. The SMILES string of the molecule is CNc1ncnc2c1nnn2CCCN(C)C. The van der Waals surface area contributed by atoms with Crippen molar-refractivity contribution in [3.63, 3.8) is 0 Å². The molecule has 0 aliphatic carbocycles. The number of anilines is 1. The van der Waals surface area contributed by atoms with Crippen LogP contribution in [0.4, 0.5) is 5.82 Å². The maximum Gasteiger partial charge on any atom is 0.183 e. The Morgan fingerprint density at radius 3 is 2.88 bits per heavy atom. The monoisotopic (exact) mass is 235 g/mol. The molecule has 7 nitrogen and oxygen atoms in total. The maximum atomic E-state index is 4.22. The fourth-order valence-electron chi connectivity index (χ4n) is 1.66. The van der Waals surface area contributed by atoms with Crippen molar-refractivity contribution in [1.82, 2.24) is 29.9 Å². The number of fused-ring (bicyclic) bond motifs is 1. The molecule has 0 amide bonds. The van der Waals surface area contributed by atoms with Gasteiger partial charge in [-0.2, -0.15) is 0 Å². The minimum atomic E-state index is 0.717. The molecule has 1 N–H and O–H groups in total. The number of aryl methyl sites for hydroxylation is 1. The van der Waals surface area contributed by atoms with Gasteiger partial charge in [0.05, 0.1) is 0 Å². The third kappa shape index (κ3) is 2.50. The van der Waals surface area contributed by atoms with Gasteiger partial charge in [0.25, 0.3) is 0 Å². The molecule has 0 spiro atoms. The smallest absolute Gasteiger partial charge is 0.183 e. The Bertz CT molecular complexity index is 490. The number of hydrogen-bond donors (Lipinski definition) is 1. The fourth-order valence-corrected chi connectivity index (χ4v) is 1.66. The lowest BCUT2D eigenvalue weighted by Gasteiger charge is -2.08. The van der Waals surface area contributed by atoms with E-state index >= 15 is 0 Å². The molecule has 0 unspecified atom stereocenters. The molecule has 0 aliphatic heterocycles. The van der Waals surface area contributed by atoms with Crippen molar-refractivity contribution >= 4 is 17.0 Å². The lowest BCUT2D eigenvalue weighted by atomic mass is 10.4. The van der Waals surface area contributed by atoms with E-state index in [4.69, 9.17) is 0 Å². The highest BCUT2D eigenvalue weighted by molar-refractivity contribution is 5.81. The summed E-state index contributed by atoms with van der Waals surface area (Å²) < 4.78 is 1.82. The molecule has 2 rings (SSSR count). The van der Waals surface area contributed by atoms with Gasteiger partial charge in [-0.25, -0.2) is 14.6 Å². The van der Waals surface area contributed by atoms with Crippen LogP contribution in [0.2, 0.25) is 0 Å². The Hall–Kier alpha value is -1.76. The molecule has 0 saturated carbocycles. The lowest BCUT2D eigenvalue weighted by molar-refractivity contribution is 0.380. The van der Waals surface area contributed by atoms with Gasteiger partial charge in [0.15, 0.2) is 17.0 Å². The molecular weight excluding hydrogens is 218 g/mol. The summed E-state index contributed by atoms with van der Waals surface area (Å²) >= 11 is 0. The van der Waals surface area contributed by atoms with Crippen LogP contribution in [0, 0.1) is 0 Å². The second-order valence-corrected chi connectivity index (χ2v) is 4.11. The zero-order valence-electron chi connectivity index (χ0n) is 10.4. The van der Waals surface area contributed by atoms with Gasteiger partial charge in [-0.15, -0.1) is 5.10 Å². The van der Waals surface area contributed by atoms with E-state index in [9.17, 15) is 0 Å². The van der Waals surface area contributed by atoms with E-state index in [0.717, 1.165) is 30.7 Å². The van der Waals surface area contributed by atoms with E-state index in [0.29, 0.717) is 5.82 Å². The predicted octanol–water partition coefficient (Wildman–Crippen LogP) is 0.215. The quantitative estimate of drug-likeness (QED) is 0.799. The van der Waals surface area contributed by atoms with Crippen molar-refractivity contribution < 1.29 is 0 Å². The van der Waals surface area contributed by atoms with Gasteiger partial charge >= 0.3 is 0 Å². The van der Waals surface area contributed by atoms with Crippen LogP contribution in [-0.2, 0) is 6.54 Å². The van der Waals surface area contributed by atoms with Crippen LogP contribution < -0.4 is 5.32 Å². The Morgan fingerprint density at radius 2 is 2.18 bits per heavy atom. The first kappa shape index (κ1) is 11.7. The van der Waals surface area contributed by atoms with Gasteiger partial charge < -0.3 is 10.2 Å². The highest BCUT2D eigenvalue weighted by atomic mass is 15.4. The fraction of sp³-hybridized carbons (Fsp3) is 0.600. The third-order valence-corrected chi connectivity index (χ3v) is 2.51. The normalized spacial score (nSPS) is 11.3. The van der Waals surface area contributed by atoms with Crippen molar-refractivity contribution in [2.45, 2.75) is 13.0 Å². The molecule has 92 valence electrons. The Balaban J connectivity index is 2.18. The van der Waals surface area contributed by atoms with Crippen LogP contribution in [0.5, 0.6) is 0 Å². The molecule has 0 bridgehead atoms. The number of nitrogens with zero attached hydrogens (tertiary/aromatic N) is 6. The molecule has 0 atom stereocenters. The van der Waals surface area contributed by atoms with Gasteiger partial charge in [0.2, 0.25) is 0 Å². The molecule has 7 heteroatoms. The van der Waals surface area contributed by atoms with E-state index in [-0.39, 0.29) is 0 Å². The van der Waals surface area contributed by atoms with Crippen molar-refractivity contribution in [2.75, 3.05) is 33.0 Å². The van der Waals surface area contributed by atoms with E-state index in [1.807, 2.05) is 11.7 Å². The van der Waals surface area contributed by atoms with Gasteiger partial charge in [0.1, 0.15) is 6.33 Å². The van der Waals surface area contributed by atoms with Crippen molar-refractivity contribution in [2.24, 2.45) is 0 Å². The largest absolute Gasteiger partial charge is 0.371 e. The Labute approximate surface area is 99.8 Å². The maximum absolute atomic E-state index is 4.22. The second kappa shape index (κ2) is 5.05. The first-order valence-electron chi connectivity index (χ1n) is 5.59. The summed E-state index contributed by atoms with van der Waals surface area (Å²) in [7, 11) is 5.92. The number of hydrogen-bond acceptors (Lipinski definition) is 6. The summed E-state index contributed by atoms with van der Waals surface area (Å²) in [5.74, 6) is 0.717. The van der Waals surface area contributed by atoms with Crippen LogP contribution in [0.25, 0.3) is 11.2 Å². The second-order valence-electron chi connectivity index (χ2n) is 4.11. The van der Waals surface area contributed by atoms with Crippen LogP contribution in [-0.4, -0.2) is 57.5 Å². The van der Waals surface area contributed by atoms with Crippen LogP contribution in [0.15, 0.2) is 6.33 Å². The van der Waals surface area contributed by atoms with E-state index in [1.165, 1.54) is 6.33 Å². The molecule has 0 radical (unpaired) electrons. The van der Waals surface area contributed by atoms with Gasteiger partial charge in [-0.1, -0.05) is 5.21 Å². The first-order chi connectivity index (χ1) is 8.22. The zero-order chi connectivity index (χ0) is 12.3. The van der Waals surface area contributed by atoms with Crippen molar-refractivity contribution in [3.8, 4) is 0 Å². The average Bonchev–Trinajstić information content (AvgIpc) is 2.72. The number of aromatic nitrogens is 5. The van der Waals surface area contributed by atoms with E-state index in [1.54, 1.807) is 0 Å². The molecule has 2 heterocycles. The Kier molecular flexibility index (Phi) is 3.48. The van der Waals surface area contributed by atoms with Gasteiger partial charge in [-0.05, 0) is 27.1 Å². The van der Waals surface area contributed by atoms with Crippen LogP contribution >= 0.6 is 0 Å². The standard InChI is InChI=1S/C10H17N7/c1-11-9-8-10(13-7-12-9)17(15-14-8)6-4-5-16(2)3/h7H,4-6H2,1-3H3,(H,11,12,13). The Morgan fingerprint density at radius 1 is 1.35 bits per heavy atom. The molecule has 0 aromatic carbocycles. The van der Waals surface area contributed by atoms with E-state index < -0.39 is 0 Å². The zero-order valence-corrected chi connectivity index (χ0v) is 10.4. The molecule has 2 aromatic heterocycles. The minimum absolute atomic E-state index is 0.717. The molecule has 2 aromatic rings. The summed E-state index contributed by atoms with van der Waals surface area (Å²) in [5, 5.41) is 11.2. The molecule has 0 aliphatic rings. The lowest BCUT2D eigenvalue weighted by Crippen LogP contribution is -2.15. The summed E-state index contributed by atoms with van der Waals surface area (Å²) in [5.41, 5.74) is 1.50. The molecular formula is C10H17N7. The molecule has 0 saturated heterocycles. The molecule has 17 heavy (non-hydrogen) atoms. The highest BCUT2D eigenvalue weighted by Crippen LogP contribution is 2.14. The molecule has 0 fully saturated rings. The summed E-state index contributed by atoms with van der Waals surface area (Å²) in [6.07, 6.45) is 2.55. The predicted molar refractivity (Wildman–Crippen MR) is 65.8 cm³/mol. The summed E-state index contributed by atoms with van der Waals surface area (Å²) in [6.45, 7) is 1.83. The topological polar surface area (TPSA) is 71.8 Å². The van der Waals surface area contributed by atoms with Crippen molar-refractivity contribution in [3.05, 3.63) is 6.33 Å². The number of nitrogens with one attached hydrogen (secondary N) is 1. The van der Waals surface area contributed by atoms with Gasteiger partial charge in [0, 0.05) is 13.6 Å². The first-order valence-corrected chi connectivity index (χ1v) is 5.59. The third-order valence-electron chi connectivity index (χ3n) is 2.51. The van der Waals surface area contributed by atoms with Crippen LogP contribution in [0.1, 0.15) is 6.42 Å². The van der Waals surface area contributed by atoms with Gasteiger partial charge in [-0.3, -0.25) is 0 Å². The summed E-state index contributed by atoms with van der Waals surface area (Å²) in [4.78, 5) is 10.5. The van der Waals surface area contributed by atoms with Crippen LogP contribution in [0.3, 0.4) is 0 Å². The van der Waals surface area contributed by atoms with Crippen molar-refractivity contribution in [1.29, 1.82) is 0 Å². The number of rotatable bonds is 5. The minimum Gasteiger partial charge on any atom is -0.371 e. The summed E-state index contributed by atoms with van der Waals surface area (Å²) in [6, 6.07) is 0. The van der Waals surface area contributed by atoms with E-state index in [2.05, 4.69) is 44.6 Å².